The maximum Gasteiger partial charge on any atom is 0.251 e. The monoisotopic (exact) mass is 288 g/mol. The Morgan fingerprint density at radius 1 is 1.40 bits per heavy atom. The fourth-order valence-corrected chi connectivity index (χ4v) is 3.72. The van der Waals surface area contributed by atoms with Gasteiger partial charge in [-0.3, -0.25) is 4.79 Å². The number of nitrogens with one attached hydrogen (secondary N) is 1. The van der Waals surface area contributed by atoms with E-state index in [1.54, 1.807) is 17.4 Å². The van der Waals surface area contributed by atoms with Crippen LogP contribution in [-0.2, 0) is 13.0 Å². The van der Waals surface area contributed by atoms with Crippen LogP contribution in [-0.4, -0.2) is 11.1 Å². The largest absolute Gasteiger partial charge is 0.310 e. The van der Waals surface area contributed by atoms with Gasteiger partial charge in [0.25, 0.3) is 5.56 Å². The van der Waals surface area contributed by atoms with Crippen molar-refractivity contribution in [1.29, 1.82) is 0 Å². The zero-order valence-corrected chi connectivity index (χ0v) is 12.6. The van der Waals surface area contributed by atoms with E-state index >= 15 is 0 Å². The standard InChI is InChI=1S/C16H20N2OS/c1-2-17-14-4-3-5-15-13(14)6-7-16(19)18(15)10-12-8-9-20-11-12/h6-9,11,14,17H,2-5,10H2,1H3. The Bertz CT molecular complexity index is 630. The van der Waals surface area contributed by atoms with E-state index in [0.29, 0.717) is 12.6 Å². The lowest BCUT2D eigenvalue weighted by Crippen LogP contribution is -2.31. The van der Waals surface area contributed by atoms with Crippen LogP contribution in [0.5, 0.6) is 0 Å². The number of nitrogens with zero attached hydrogens (tertiary/aromatic N) is 1. The van der Waals surface area contributed by atoms with E-state index in [2.05, 4.69) is 29.1 Å². The number of hydrogen-bond donors (Lipinski definition) is 1. The summed E-state index contributed by atoms with van der Waals surface area (Å²) in [6.07, 6.45) is 3.33. The molecular formula is C16H20N2OS. The lowest BCUT2D eigenvalue weighted by molar-refractivity contribution is 0.453. The zero-order chi connectivity index (χ0) is 13.9. The highest BCUT2D eigenvalue weighted by molar-refractivity contribution is 7.07. The van der Waals surface area contributed by atoms with Gasteiger partial charge in [-0.25, -0.2) is 0 Å². The molecule has 1 aliphatic carbocycles. The van der Waals surface area contributed by atoms with E-state index < -0.39 is 0 Å². The maximum atomic E-state index is 12.2. The van der Waals surface area contributed by atoms with E-state index in [9.17, 15) is 4.79 Å². The third kappa shape index (κ3) is 2.58. The first-order valence-electron chi connectivity index (χ1n) is 7.26. The number of fused-ring (bicyclic) bond motifs is 1. The second-order valence-corrected chi connectivity index (χ2v) is 6.07. The molecule has 0 aromatic carbocycles. The van der Waals surface area contributed by atoms with Gasteiger partial charge < -0.3 is 9.88 Å². The van der Waals surface area contributed by atoms with Crippen molar-refractivity contribution >= 4 is 11.3 Å². The second-order valence-electron chi connectivity index (χ2n) is 5.29. The summed E-state index contributed by atoms with van der Waals surface area (Å²) in [5, 5.41) is 7.72. The van der Waals surface area contributed by atoms with Crippen molar-refractivity contribution in [3.63, 3.8) is 0 Å². The van der Waals surface area contributed by atoms with Gasteiger partial charge in [0, 0.05) is 17.8 Å². The van der Waals surface area contributed by atoms with Gasteiger partial charge in [0.2, 0.25) is 0 Å². The number of pyridine rings is 1. The first-order valence-corrected chi connectivity index (χ1v) is 8.21. The quantitative estimate of drug-likeness (QED) is 0.938. The smallest absolute Gasteiger partial charge is 0.251 e. The molecule has 0 bridgehead atoms. The van der Waals surface area contributed by atoms with Crippen LogP contribution in [0.3, 0.4) is 0 Å². The highest BCUT2D eigenvalue weighted by atomic mass is 32.1. The van der Waals surface area contributed by atoms with Crippen molar-refractivity contribution in [2.75, 3.05) is 6.54 Å². The van der Waals surface area contributed by atoms with Crippen LogP contribution in [0.25, 0.3) is 0 Å². The molecule has 2 aromatic rings. The van der Waals surface area contributed by atoms with Crippen molar-refractivity contribution in [3.05, 3.63) is 56.1 Å². The zero-order valence-electron chi connectivity index (χ0n) is 11.8. The Balaban J connectivity index is 2.01. The third-order valence-corrected chi connectivity index (χ3v) is 4.72. The first kappa shape index (κ1) is 13.6. The lowest BCUT2D eigenvalue weighted by Gasteiger charge is -2.28. The average Bonchev–Trinajstić information content (AvgIpc) is 2.96. The van der Waals surface area contributed by atoms with Crippen LogP contribution in [0.2, 0.25) is 0 Å². The summed E-state index contributed by atoms with van der Waals surface area (Å²) in [7, 11) is 0. The van der Waals surface area contributed by atoms with Crippen LogP contribution in [0.4, 0.5) is 0 Å². The normalized spacial score (nSPS) is 17.9. The molecule has 0 spiro atoms. The predicted octanol–water partition coefficient (Wildman–Crippen LogP) is 2.95. The van der Waals surface area contributed by atoms with Gasteiger partial charge >= 0.3 is 0 Å². The molecule has 0 aliphatic heterocycles. The molecule has 3 rings (SSSR count). The van der Waals surface area contributed by atoms with Crippen LogP contribution >= 0.6 is 11.3 Å². The molecule has 3 nitrogen and oxygen atoms in total. The number of thiophene rings is 1. The molecule has 0 radical (unpaired) electrons. The molecule has 0 saturated heterocycles. The fourth-order valence-electron chi connectivity index (χ4n) is 3.06. The van der Waals surface area contributed by atoms with Crippen molar-refractivity contribution in [1.82, 2.24) is 9.88 Å². The number of aromatic nitrogens is 1. The Morgan fingerprint density at radius 2 is 2.30 bits per heavy atom. The van der Waals surface area contributed by atoms with E-state index in [1.807, 2.05) is 10.6 Å². The highest BCUT2D eigenvalue weighted by Crippen LogP contribution is 2.29. The molecule has 2 heterocycles. The molecule has 106 valence electrons. The molecule has 2 aromatic heterocycles. The highest BCUT2D eigenvalue weighted by Gasteiger charge is 2.22. The minimum absolute atomic E-state index is 0.118. The molecular weight excluding hydrogens is 268 g/mol. The van der Waals surface area contributed by atoms with Gasteiger partial charge in [-0.1, -0.05) is 13.0 Å². The van der Waals surface area contributed by atoms with Crippen molar-refractivity contribution in [3.8, 4) is 0 Å². The van der Waals surface area contributed by atoms with E-state index in [1.165, 1.54) is 16.8 Å². The Labute approximate surface area is 123 Å². The fraction of sp³-hybridized carbons (Fsp3) is 0.438. The Kier molecular flexibility index (Phi) is 4.03. The molecule has 0 amide bonds. The Hall–Kier alpha value is -1.39. The second kappa shape index (κ2) is 5.94. The van der Waals surface area contributed by atoms with Gasteiger partial charge in [0.15, 0.2) is 0 Å². The minimum Gasteiger partial charge on any atom is -0.310 e. The van der Waals surface area contributed by atoms with Crippen molar-refractivity contribution < 1.29 is 0 Å². The molecule has 20 heavy (non-hydrogen) atoms. The lowest BCUT2D eigenvalue weighted by atomic mass is 9.90. The molecule has 1 unspecified atom stereocenters. The van der Waals surface area contributed by atoms with Crippen LogP contribution in [0.1, 0.15) is 42.6 Å². The SMILES string of the molecule is CCNC1CCCc2c1ccc(=O)n2Cc1ccsc1. The first-order chi connectivity index (χ1) is 9.79. The summed E-state index contributed by atoms with van der Waals surface area (Å²) in [5.74, 6) is 0. The molecule has 1 N–H and O–H groups in total. The van der Waals surface area contributed by atoms with Crippen LogP contribution in [0.15, 0.2) is 33.8 Å². The topological polar surface area (TPSA) is 34.0 Å². The van der Waals surface area contributed by atoms with E-state index in [4.69, 9.17) is 0 Å². The van der Waals surface area contributed by atoms with Gasteiger partial charge in [0.1, 0.15) is 0 Å². The van der Waals surface area contributed by atoms with Crippen molar-refractivity contribution in [2.45, 2.75) is 38.8 Å². The molecule has 1 aliphatic rings. The average molecular weight is 288 g/mol. The summed E-state index contributed by atoms with van der Waals surface area (Å²) in [6.45, 7) is 3.80. The van der Waals surface area contributed by atoms with E-state index in [0.717, 1.165) is 25.8 Å². The van der Waals surface area contributed by atoms with Gasteiger partial charge in [-0.15, -0.1) is 0 Å². The molecule has 4 heteroatoms. The van der Waals surface area contributed by atoms with E-state index in [-0.39, 0.29) is 5.56 Å². The van der Waals surface area contributed by atoms with Gasteiger partial charge in [0.05, 0.1) is 6.54 Å². The molecule has 1 atom stereocenters. The van der Waals surface area contributed by atoms with Gasteiger partial charge in [-0.05, 0) is 53.8 Å². The summed E-state index contributed by atoms with van der Waals surface area (Å²) >= 11 is 1.68. The number of hydrogen-bond acceptors (Lipinski definition) is 3. The van der Waals surface area contributed by atoms with Crippen molar-refractivity contribution in [2.24, 2.45) is 0 Å². The molecule has 0 saturated carbocycles. The summed E-state index contributed by atoms with van der Waals surface area (Å²) in [4.78, 5) is 12.2. The minimum atomic E-state index is 0.118. The van der Waals surface area contributed by atoms with Crippen LogP contribution < -0.4 is 10.9 Å². The number of rotatable bonds is 4. The predicted molar refractivity (Wildman–Crippen MR) is 83.5 cm³/mol. The summed E-state index contributed by atoms with van der Waals surface area (Å²) in [6, 6.07) is 6.24. The summed E-state index contributed by atoms with van der Waals surface area (Å²) in [5.41, 5.74) is 3.87. The summed E-state index contributed by atoms with van der Waals surface area (Å²) < 4.78 is 1.96. The Morgan fingerprint density at radius 3 is 3.05 bits per heavy atom. The maximum absolute atomic E-state index is 12.2. The van der Waals surface area contributed by atoms with Gasteiger partial charge in [-0.2, -0.15) is 11.3 Å². The third-order valence-electron chi connectivity index (χ3n) is 3.98. The van der Waals surface area contributed by atoms with Crippen LogP contribution in [0, 0.1) is 0 Å². The molecule has 0 fully saturated rings.